The van der Waals surface area contributed by atoms with Crippen molar-refractivity contribution in [2.75, 3.05) is 20.2 Å². The van der Waals surface area contributed by atoms with Crippen molar-refractivity contribution in [1.82, 2.24) is 5.32 Å². The highest BCUT2D eigenvalue weighted by atomic mass is 32.1. The van der Waals surface area contributed by atoms with Crippen molar-refractivity contribution in [1.29, 1.82) is 0 Å². The highest BCUT2D eigenvalue weighted by Gasteiger charge is 2.32. The summed E-state index contributed by atoms with van der Waals surface area (Å²) in [6.45, 7) is 1.55. The minimum absolute atomic E-state index is 0.0909. The van der Waals surface area contributed by atoms with Crippen LogP contribution in [0.25, 0.3) is 0 Å². The van der Waals surface area contributed by atoms with Crippen LogP contribution in [0.1, 0.15) is 40.9 Å². The van der Waals surface area contributed by atoms with Gasteiger partial charge in [-0.2, -0.15) is 0 Å². The van der Waals surface area contributed by atoms with Crippen LogP contribution in [-0.4, -0.2) is 26.1 Å². The average molecular weight is 408 g/mol. The van der Waals surface area contributed by atoms with Crippen LogP contribution in [0.3, 0.4) is 0 Å². The Labute approximate surface area is 176 Å². The van der Waals surface area contributed by atoms with Crippen LogP contribution in [0.2, 0.25) is 0 Å². The summed E-state index contributed by atoms with van der Waals surface area (Å²) in [7, 11) is 1.66. The summed E-state index contributed by atoms with van der Waals surface area (Å²) in [5.74, 6) is 0.903. The summed E-state index contributed by atoms with van der Waals surface area (Å²) in [6, 6.07) is 22.6. The van der Waals surface area contributed by atoms with Gasteiger partial charge in [-0.25, -0.2) is 0 Å². The molecule has 1 amide bonds. The minimum atomic E-state index is -0.170. The summed E-state index contributed by atoms with van der Waals surface area (Å²) < 4.78 is 5.28. The molecule has 0 saturated carbocycles. The van der Waals surface area contributed by atoms with Crippen molar-refractivity contribution in [2.24, 2.45) is 0 Å². The molecule has 150 valence electrons. The highest BCUT2D eigenvalue weighted by Crippen LogP contribution is 2.25. The van der Waals surface area contributed by atoms with E-state index >= 15 is 0 Å². The Morgan fingerprint density at radius 2 is 1.86 bits per heavy atom. The first-order chi connectivity index (χ1) is 14.2. The summed E-state index contributed by atoms with van der Waals surface area (Å²) in [5, 5.41) is 5.41. The molecule has 0 aliphatic carbocycles. The Bertz CT molecular complexity index is 910. The van der Waals surface area contributed by atoms with E-state index in [-0.39, 0.29) is 11.9 Å². The van der Waals surface area contributed by atoms with E-state index in [1.807, 2.05) is 42.5 Å². The lowest BCUT2D eigenvalue weighted by Gasteiger charge is -2.23. The summed E-state index contributed by atoms with van der Waals surface area (Å²) in [4.78, 5) is 15.8. The Morgan fingerprint density at radius 3 is 2.55 bits per heavy atom. The van der Waals surface area contributed by atoms with Crippen LogP contribution in [0.5, 0.6) is 5.75 Å². The summed E-state index contributed by atoms with van der Waals surface area (Å²) >= 11 is 1.80. The number of ether oxygens (including phenoxy) is 1. The molecule has 0 radical (unpaired) electrons. The maximum Gasteiger partial charge on any atom is 0.275 e. The molecular weight excluding hydrogens is 380 g/mol. The number of thiophene rings is 1. The molecule has 2 N–H and O–H groups in total. The predicted octanol–water partition coefficient (Wildman–Crippen LogP) is 3.38. The van der Waals surface area contributed by atoms with E-state index in [4.69, 9.17) is 4.74 Å². The smallest absolute Gasteiger partial charge is 0.275 e. The maximum absolute atomic E-state index is 13.0. The van der Waals surface area contributed by atoms with Crippen LogP contribution < -0.4 is 15.0 Å². The molecule has 0 bridgehead atoms. The number of methoxy groups -OCH3 is 1. The van der Waals surface area contributed by atoms with Crippen molar-refractivity contribution >= 4 is 17.2 Å². The zero-order valence-electron chi connectivity index (χ0n) is 16.6. The van der Waals surface area contributed by atoms with Crippen LogP contribution in [0, 0.1) is 0 Å². The molecule has 1 fully saturated rings. The predicted molar refractivity (Wildman–Crippen MR) is 116 cm³/mol. The lowest BCUT2D eigenvalue weighted by atomic mass is 9.98. The molecule has 4 nitrogen and oxygen atoms in total. The number of hydrogen-bond acceptors (Lipinski definition) is 3. The molecule has 1 aliphatic rings. The van der Waals surface area contributed by atoms with E-state index < -0.39 is 0 Å². The van der Waals surface area contributed by atoms with Gasteiger partial charge >= 0.3 is 0 Å². The lowest BCUT2D eigenvalue weighted by molar-refractivity contribution is -0.910. The van der Waals surface area contributed by atoms with E-state index in [0.29, 0.717) is 12.6 Å². The highest BCUT2D eigenvalue weighted by molar-refractivity contribution is 7.10. The standard InChI is InChI=1S/C24H26N2O2S/c1-28-20-13-11-19(12-14-20)24(18-7-3-2-4-8-18)25-23(27)17-26-15-5-9-21(26)22-10-6-16-29-22/h2-4,6-8,10-14,16,21,24H,5,9,15,17H2,1H3,(H,25,27)/p+1/t21-,24-/m1/s1. The van der Waals surface area contributed by atoms with Crippen molar-refractivity contribution in [3.8, 4) is 5.75 Å². The van der Waals surface area contributed by atoms with Gasteiger partial charge in [0.2, 0.25) is 0 Å². The molecule has 3 aromatic rings. The topological polar surface area (TPSA) is 42.8 Å². The first-order valence-corrected chi connectivity index (χ1v) is 11.0. The third-order valence-corrected chi connectivity index (χ3v) is 6.63. The second kappa shape index (κ2) is 9.25. The summed E-state index contributed by atoms with van der Waals surface area (Å²) in [6.07, 6.45) is 2.33. The number of nitrogens with one attached hydrogen (secondary N) is 2. The number of carbonyl (C=O) groups excluding carboxylic acids is 1. The van der Waals surface area contributed by atoms with E-state index in [2.05, 4.69) is 35.0 Å². The number of carbonyl (C=O) groups is 1. The molecule has 1 saturated heterocycles. The van der Waals surface area contributed by atoms with E-state index in [1.165, 1.54) is 16.2 Å². The van der Waals surface area contributed by atoms with Crippen LogP contribution in [0.15, 0.2) is 72.1 Å². The number of amides is 1. The first kappa shape index (κ1) is 19.7. The fourth-order valence-corrected chi connectivity index (χ4v) is 5.10. The quantitative estimate of drug-likeness (QED) is 0.631. The van der Waals surface area contributed by atoms with Gasteiger partial charge in [0.05, 0.1) is 24.6 Å². The Kier molecular flexibility index (Phi) is 6.27. The maximum atomic E-state index is 13.0. The SMILES string of the molecule is COc1ccc([C@H](NC(=O)C[NH+]2CCC[C@@H]2c2cccs2)c2ccccc2)cc1. The van der Waals surface area contributed by atoms with Crippen molar-refractivity contribution < 1.29 is 14.4 Å². The molecule has 4 rings (SSSR count). The van der Waals surface area contributed by atoms with Gasteiger partial charge in [0.15, 0.2) is 6.54 Å². The van der Waals surface area contributed by atoms with Crippen LogP contribution >= 0.6 is 11.3 Å². The molecule has 2 aromatic carbocycles. The number of hydrogen-bond donors (Lipinski definition) is 2. The molecule has 2 heterocycles. The normalized spacial score (nSPS) is 19.6. The van der Waals surface area contributed by atoms with Crippen molar-refractivity contribution in [3.05, 3.63) is 88.1 Å². The Hall–Kier alpha value is -2.63. The van der Waals surface area contributed by atoms with E-state index in [0.717, 1.165) is 29.8 Å². The molecular formula is C24H27N2O2S+. The van der Waals surface area contributed by atoms with Gasteiger partial charge in [-0.1, -0.05) is 48.5 Å². The molecule has 0 spiro atoms. The third-order valence-electron chi connectivity index (χ3n) is 5.65. The van der Waals surface area contributed by atoms with E-state index in [1.54, 1.807) is 18.4 Å². The third kappa shape index (κ3) is 4.69. The minimum Gasteiger partial charge on any atom is -0.497 e. The van der Waals surface area contributed by atoms with Gasteiger partial charge < -0.3 is 15.0 Å². The number of likely N-dealkylation sites (tertiary alicyclic amines) is 1. The van der Waals surface area contributed by atoms with Crippen molar-refractivity contribution in [2.45, 2.75) is 24.9 Å². The van der Waals surface area contributed by atoms with E-state index in [9.17, 15) is 4.79 Å². The van der Waals surface area contributed by atoms with Gasteiger partial charge in [-0.05, 0) is 34.7 Å². The molecule has 5 heteroatoms. The zero-order chi connectivity index (χ0) is 20.1. The fraction of sp³-hybridized carbons (Fsp3) is 0.292. The Morgan fingerprint density at radius 1 is 1.10 bits per heavy atom. The van der Waals surface area contributed by atoms with Crippen LogP contribution in [-0.2, 0) is 4.79 Å². The monoisotopic (exact) mass is 407 g/mol. The lowest BCUT2D eigenvalue weighted by Crippen LogP contribution is -3.11. The van der Waals surface area contributed by atoms with Gasteiger partial charge in [0.1, 0.15) is 11.8 Å². The largest absolute Gasteiger partial charge is 0.497 e. The number of rotatable bonds is 7. The van der Waals surface area contributed by atoms with Crippen LogP contribution in [0.4, 0.5) is 0 Å². The van der Waals surface area contributed by atoms with Gasteiger partial charge in [0.25, 0.3) is 5.91 Å². The molecule has 3 atom stereocenters. The van der Waals surface area contributed by atoms with Gasteiger partial charge in [-0.3, -0.25) is 4.79 Å². The average Bonchev–Trinajstić information content (AvgIpc) is 3.44. The summed E-state index contributed by atoms with van der Waals surface area (Å²) in [5.41, 5.74) is 2.13. The number of quaternary nitrogens is 1. The van der Waals surface area contributed by atoms with Crippen molar-refractivity contribution in [3.63, 3.8) is 0 Å². The zero-order valence-corrected chi connectivity index (χ0v) is 17.5. The number of benzene rings is 2. The van der Waals surface area contributed by atoms with Gasteiger partial charge in [-0.15, -0.1) is 11.3 Å². The Balaban J connectivity index is 1.50. The molecule has 1 aromatic heterocycles. The fourth-order valence-electron chi connectivity index (χ4n) is 4.18. The molecule has 1 aliphatic heterocycles. The molecule has 29 heavy (non-hydrogen) atoms. The second-order valence-corrected chi connectivity index (χ2v) is 8.46. The van der Waals surface area contributed by atoms with Gasteiger partial charge in [0, 0.05) is 12.8 Å². The second-order valence-electron chi connectivity index (χ2n) is 7.48. The first-order valence-electron chi connectivity index (χ1n) is 10.1. The molecule has 1 unspecified atom stereocenters.